The van der Waals surface area contributed by atoms with Crippen LogP contribution in [0.1, 0.15) is 0 Å². The van der Waals surface area contributed by atoms with Gasteiger partial charge in [0.25, 0.3) is 5.56 Å². The second-order valence-corrected chi connectivity index (χ2v) is 5.21. The fourth-order valence-electron chi connectivity index (χ4n) is 0.882. The van der Waals surface area contributed by atoms with Crippen LogP contribution < -0.4 is 5.56 Å². The van der Waals surface area contributed by atoms with Crippen LogP contribution in [0.3, 0.4) is 0 Å². The highest BCUT2D eigenvalue weighted by Crippen LogP contribution is 2.35. The molecule has 0 atom stereocenters. The van der Waals surface area contributed by atoms with E-state index in [4.69, 9.17) is 0 Å². The van der Waals surface area contributed by atoms with Crippen molar-refractivity contribution in [2.24, 2.45) is 0 Å². The second-order valence-electron chi connectivity index (χ2n) is 2.10. The molecule has 0 aliphatic rings. The minimum Gasteiger partial charge on any atom is -0.313 e. The molecule has 0 aliphatic heterocycles. The molecular formula is C6H2Br2N2OS. The number of fused-ring (bicyclic) bond motifs is 1. The molecule has 0 aliphatic carbocycles. The Labute approximate surface area is 88.1 Å². The van der Waals surface area contributed by atoms with Crippen LogP contribution in [-0.4, -0.2) is 9.97 Å². The van der Waals surface area contributed by atoms with Crippen molar-refractivity contribution in [2.75, 3.05) is 0 Å². The zero-order valence-corrected chi connectivity index (χ0v) is 9.59. The maximum Gasteiger partial charge on any atom is 0.260 e. The van der Waals surface area contributed by atoms with Crippen LogP contribution in [0.2, 0.25) is 0 Å². The summed E-state index contributed by atoms with van der Waals surface area (Å²) in [6.07, 6.45) is 1.40. The molecule has 2 rings (SSSR count). The Kier molecular flexibility index (Phi) is 2.05. The number of hydrogen-bond acceptors (Lipinski definition) is 3. The van der Waals surface area contributed by atoms with Gasteiger partial charge in [-0.3, -0.25) is 4.79 Å². The molecule has 6 heteroatoms. The number of H-pyrrole nitrogens is 1. The number of hydrogen-bond donors (Lipinski definition) is 1. The lowest BCUT2D eigenvalue weighted by Crippen LogP contribution is -2.04. The summed E-state index contributed by atoms with van der Waals surface area (Å²) in [7, 11) is 0. The maximum absolute atomic E-state index is 11.3. The average molecular weight is 310 g/mol. The van der Waals surface area contributed by atoms with Gasteiger partial charge in [-0.15, -0.1) is 11.3 Å². The fraction of sp³-hybridized carbons (Fsp3) is 0. The maximum atomic E-state index is 11.3. The van der Waals surface area contributed by atoms with Crippen LogP contribution in [0, 0.1) is 0 Å². The fourth-order valence-corrected chi connectivity index (χ4v) is 3.05. The van der Waals surface area contributed by atoms with E-state index < -0.39 is 0 Å². The Morgan fingerprint density at radius 3 is 2.92 bits per heavy atom. The quantitative estimate of drug-likeness (QED) is 0.813. The van der Waals surface area contributed by atoms with E-state index in [9.17, 15) is 4.79 Å². The van der Waals surface area contributed by atoms with Gasteiger partial charge in [0.15, 0.2) is 0 Å². The molecule has 0 unspecified atom stereocenters. The van der Waals surface area contributed by atoms with Crippen LogP contribution in [-0.2, 0) is 0 Å². The van der Waals surface area contributed by atoms with E-state index in [0.717, 1.165) is 13.1 Å². The predicted octanol–water partition coefficient (Wildman–Crippen LogP) is 2.51. The van der Waals surface area contributed by atoms with Gasteiger partial charge >= 0.3 is 0 Å². The summed E-state index contributed by atoms with van der Waals surface area (Å²) >= 11 is 8.06. The van der Waals surface area contributed by atoms with Gasteiger partial charge < -0.3 is 4.98 Å². The molecule has 0 spiro atoms. The number of nitrogens with one attached hydrogen (secondary N) is 1. The van der Waals surface area contributed by atoms with Crippen LogP contribution in [0.25, 0.3) is 10.2 Å². The van der Waals surface area contributed by atoms with Gasteiger partial charge in [0.1, 0.15) is 4.83 Å². The number of halogens is 2. The Bertz CT molecular complexity index is 490. The molecule has 0 amide bonds. The van der Waals surface area contributed by atoms with Gasteiger partial charge in [0.05, 0.1) is 20.0 Å². The first-order chi connectivity index (χ1) is 5.70. The molecule has 1 N–H and O–H groups in total. The Hall–Kier alpha value is -0.200. The molecule has 0 saturated heterocycles. The van der Waals surface area contributed by atoms with Gasteiger partial charge in [-0.05, 0) is 31.9 Å². The standard InChI is InChI=1S/C6H2Br2N2OS/c7-3-2-5(11)9-1-10-6(2)12-4(3)8/h1H,(H,9,10,11). The molecule has 2 aromatic rings. The zero-order chi connectivity index (χ0) is 8.72. The average Bonchev–Trinajstić information content (AvgIpc) is 2.29. The van der Waals surface area contributed by atoms with E-state index in [1.165, 1.54) is 17.7 Å². The van der Waals surface area contributed by atoms with E-state index in [1.807, 2.05) is 0 Å². The van der Waals surface area contributed by atoms with Gasteiger partial charge in [-0.1, -0.05) is 0 Å². The minimum atomic E-state index is -0.117. The normalized spacial score (nSPS) is 10.8. The first kappa shape index (κ1) is 8.40. The number of thiophene rings is 1. The Morgan fingerprint density at radius 2 is 2.25 bits per heavy atom. The SMILES string of the molecule is O=c1[nH]cnc2sc(Br)c(Br)c12. The first-order valence-corrected chi connectivity index (χ1v) is 5.41. The van der Waals surface area contributed by atoms with Crippen molar-refractivity contribution in [3.8, 4) is 0 Å². The summed E-state index contributed by atoms with van der Waals surface area (Å²) in [5.74, 6) is 0. The van der Waals surface area contributed by atoms with Gasteiger partial charge in [-0.2, -0.15) is 0 Å². The van der Waals surface area contributed by atoms with Crippen LogP contribution in [0.15, 0.2) is 19.4 Å². The third kappa shape index (κ3) is 1.14. The summed E-state index contributed by atoms with van der Waals surface area (Å²) in [6, 6.07) is 0. The summed E-state index contributed by atoms with van der Waals surface area (Å²) in [6.45, 7) is 0. The lowest BCUT2D eigenvalue weighted by Gasteiger charge is -1.85. The largest absolute Gasteiger partial charge is 0.313 e. The molecule has 3 nitrogen and oxygen atoms in total. The minimum absolute atomic E-state index is 0.117. The number of aromatic amines is 1. The first-order valence-electron chi connectivity index (χ1n) is 3.01. The van der Waals surface area contributed by atoms with Crippen molar-refractivity contribution in [2.45, 2.75) is 0 Å². The summed E-state index contributed by atoms with van der Waals surface area (Å²) in [5.41, 5.74) is -0.117. The number of nitrogens with zero attached hydrogens (tertiary/aromatic N) is 1. The Morgan fingerprint density at radius 1 is 1.50 bits per heavy atom. The lowest BCUT2D eigenvalue weighted by molar-refractivity contribution is 1.18. The van der Waals surface area contributed by atoms with E-state index in [2.05, 4.69) is 41.8 Å². The van der Waals surface area contributed by atoms with Crippen molar-refractivity contribution < 1.29 is 0 Å². The lowest BCUT2D eigenvalue weighted by atomic mass is 10.4. The predicted molar refractivity (Wildman–Crippen MR) is 55.6 cm³/mol. The second kappa shape index (κ2) is 2.93. The Balaban J connectivity index is 3.07. The third-order valence-corrected chi connectivity index (χ3v) is 4.75. The number of aromatic nitrogens is 2. The summed E-state index contributed by atoms with van der Waals surface area (Å²) < 4.78 is 1.67. The highest BCUT2D eigenvalue weighted by atomic mass is 79.9. The molecule has 62 valence electrons. The molecule has 0 radical (unpaired) electrons. The molecule has 0 aromatic carbocycles. The highest BCUT2D eigenvalue weighted by molar-refractivity contribution is 9.13. The monoisotopic (exact) mass is 308 g/mol. The molecule has 2 heterocycles. The van der Waals surface area contributed by atoms with Crippen molar-refractivity contribution in [1.82, 2.24) is 9.97 Å². The van der Waals surface area contributed by atoms with Crippen molar-refractivity contribution in [1.29, 1.82) is 0 Å². The van der Waals surface area contributed by atoms with Crippen molar-refractivity contribution >= 4 is 53.4 Å². The van der Waals surface area contributed by atoms with Crippen LogP contribution in [0.5, 0.6) is 0 Å². The highest BCUT2D eigenvalue weighted by Gasteiger charge is 2.10. The van der Waals surface area contributed by atoms with Gasteiger partial charge in [-0.25, -0.2) is 4.98 Å². The van der Waals surface area contributed by atoms with E-state index in [-0.39, 0.29) is 5.56 Å². The summed E-state index contributed by atoms with van der Waals surface area (Å²) in [5, 5.41) is 0.606. The van der Waals surface area contributed by atoms with Gasteiger partial charge in [0, 0.05) is 0 Å². The van der Waals surface area contributed by atoms with E-state index in [1.54, 1.807) is 0 Å². The number of rotatable bonds is 0. The van der Waals surface area contributed by atoms with Crippen molar-refractivity contribution in [3.05, 3.63) is 24.9 Å². The molecular weight excluding hydrogens is 308 g/mol. The zero-order valence-electron chi connectivity index (χ0n) is 5.60. The summed E-state index contributed by atoms with van der Waals surface area (Å²) in [4.78, 5) is 18.6. The van der Waals surface area contributed by atoms with Crippen LogP contribution >= 0.6 is 43.2 Å². The van der Waals surface area contributed by atoms with Crippen LogP contribution in [0.4, 0.5) is 0 Å². The van der Waals surface area contributed by atoms with E-state index in [0.29, 0.717) is 5.39 Å². The smallest absolute Gasteiger partial charge is 0.260 e. The molecule has 0 fully saturated rings. The third-order valence-electron chi connectivity index (χ3n) is 1.40. The topological polar surface area (TPSA) is 45.8 Å². The molecule has 0 bridgehead atoms. The molecule has 0 saturated carbocycles. The molecule has 12 heavy (non-hydrogen) atoms. The van der Waals surface area contributed by atoms with E-state index >= 15 is 0 Å². The van der Waals surface area contributed by atoms with Gasteiger partial charge in [0.2, 0.25) is 0 Å². The molecule has 2 aromatic heterocycles. The van der Waals surface area contributed by atoms with Crippen molar-refractivity contribution in [3.63, 3.8) is 0 Å².